The van der Waals surface area contributed by atoms with E-state index in [-0.39, 0.29) is 11.5 Å². The number of aryl methyl sites for hydroxylation is 1. The van der Waals surface area contributed by atoms with Crippen molar-refractivity contribution in [2.24, 2.45) is 5.92 Å². The van der Waals surface area contributed by atoms with Crippen LogP contribution in [0.25, 0.3) is 16.6 Å². The lowest BCUT2D eigenvalue weighted by atomic mass is 9.90. The van der Waals surface area contributed by atoms with Crippen LogP contribution in [0.15, 0.2) is 65.5 Å². The molecule has 1 aliphatic heterocycles. The first-order valence-corrected chi connectivity index (χ1v) is 11.0. The van der Waals surface area contributed by atoms with Crippen LogP contribution in [0.4, 0.5) is 0 Å². The zero-order valence-corrected chi connectivity index (χ0v) is 17.7. The van der Waals surface area contributed by atoms with Crippen molar-refractivity contribution in [2.45, 2.75) is 32.7 Å². The van der Waals surface area contributed by atoms with Crippen LogP contribution >= 0.6 is 0 Å². The minimum absolute atomic E-state index is 0.0895. The molecule has 0 unspecified atom stereocenters. The summed E-state index contributed by atoms with van der Waals surface area (Å²) >= 11 is 0. The van der Waals surface area contributed by atoms with Gasteiger partial charge >= 0.3 is 0 Å². The molecule has 0 atom stereocenters. The summed E-state index contributed by atoms with van der Waals surface area (Å²) in [5.74, 6) is 0.501. The molecule has 6 heteroatoms. The lowest BCUT2D eigenvalue weighted by molar-refractivity contribution is 0.0684. The van der Waals surface area contributed by atoms with E-state index in [1.165, 1.54) is 5.56 Å². The molecule has 0 aliphatic carbocycles. The van der Waals surface area contributed by atoms with Gasteiger partial charge in [0.1, 0.15) is 5.52 Å². The molecule has 1 saturated heterocycles. The Labute approximate surface area is 180 Å². The molecule has 0 N–H and O–H groups in total. The molecule has 6 nitrogen and oxygen atoms in total. The Balaban J connectivity index is 1.39. The van der Waals surface area contributed by atoms with Crippen molar-refractivity contribution in [1.29, 1.82) is 0 Å². The Kier molecular flexibility index (Phi) is 5.06. The second-order valence-corrected chi connectivity index (χ2v) is 8.29. The van der Waals surface area contributed by atoms with E-state index in [1.54, 1.807) is 15.1 Å². The van der Waals surface area contributed by atoms with E-state index in [0.29, 0.717) is 23.7 Å². The van der Waals surface area contributed by atoms with Gasteiger partial charge in [0, 0.05) is 25.7 Å². The van der Waals surface area contributed by atoms with Crippen LogP contribution in [0.1, 0.15) is 35.8 Å². The molecule has 1 aliphatic rings. The highest BCUT2D eigenvalue weighted by Crippen LogP contribution is 2.23. The molecule has 0 bridgehead atoms. The zero-order valence-electron chi connectivity index (χ0n) is 17.7. The number of rotatable bonds is 4. The fraction of sp³-hybridized carbons (Fsp3) is 0.320. The van der Waals surface area contributed by atoms with Crippen LogP contribution in [-0.4, -0.2) is 38.1 Å². The molecule has 2 aromatic carbocycles. The number of piperidine rings is 1. The second-order valence-electron chi connectivity index (χ2n) is 8.29. The normalized spacial score (nSPS) is 15.1. The number of para-hydroxylation sites is 2. The summed E-state index contributed by atoms with van der Waals surface area (Å²) in [7, 11) is 0. The molecule has 4 aromatic rings. The molecule has 2 aromatic heterocycles. The highest BCUT2D eigenvalue weighted by atomic mass is 16.2. The highest BCUT2D eigenvalue weighted by Gasteiger charge is 2.26. The number of nitrogens with zero attached hydrogens (tertiary/aromatic N) is 4. The zero-order chi connectivity index (χ0) is 21.4. The molecular formula is C25H26N4O2. The third kappa shape index (κ3) is 3.52. The van der Waals surface area contributed by atoms with E-state index < -0.39 is 0 Å². The number of aromatic nitrogens is 3. The number of fused-ring (bicyclic) bond motifs is 3. The molecule has 1 amide bonds. The number of likely N-dealkylation sites (tertiary alicyclic amines) is 1. The minimum Gasteiger partial charge on any atom is -0.337 e. The van der Waals surface area contributed by atoms with E-state index in [1.807, 2.05) is 42.2 Å². The van der Waals surface area contributed by atoms with Crippen molar-refractivity contribution in [2.75, 3.05) is 13.1 Å². The average molecular weight is 415 g/mol. The highest BCUT2D eigenvalue weighted by molar-refractivity contribution is 5.94. The number of benzene rings is 2. The van der Waals surface area contributed by atoms with Gasteiger partial charge in [-0.25, -0.2) is 4.52 Å². The van der Waals surface area contributed by atoms with Crippen LogP contribution in [0.2, 0.25) is 0 Å². The predicted octanol–water partition coefficient (Wildman–Crippen LogP) is 3.76. The summed E-state index contributed by atoms with van der Waals surface area (Å²) < 4.78 is 3.36. The maximum absolute atomic E-state index is 13.2. The first-order chi connectivity index (χ1) is 15.2. The van der Waals surface area contributed by atoms with Crippen molar-refractivity contribution in [3.05, 3.63) is 82.3 Å². The minimum atomic E-state index is -0.116. The summed E-state index contributed by atoms with van der Waals surface area (Å²) in [6.07, 6.45) is 3.03. The van der Waals surface area contributed by atoms with Crippen LogP contribution < -0.4 is 5.56 Å². The number of carbonyl (C=O) groups excluding carboxylic acids is 1. The van der Waals surface area contributed by atoms with E-state index in [4.69, 9.17) is 0 Å². The van der Waals surface area contributed by atoms with Gasteiger partial charge in [-0.05, 0) is 49.8 Å². The first-order valence-electron chi connectivity index (χ1n) is 11.0. The summed E-state index contributed by atoms with van der Waals surface area (Å²) in [6, 6.07) is 19.9. The second kappa shape index (κ2) is 8.02. The van der Waals surface area contributed by atoms with Crippen molar-refractivity contribution in [1.82, 2.24) is 19.1 Å². The molecular weight excluding hydrogens is 388 g/mol. The van der Waals surface area contributed by atoms with Crippen LogP contribution in [-0.2, 0) is 13.0 Å². The third-order valence-electron chi connectivity index (χ3n) is 6.38. The van der Waals surface area contributed by atoms with Gasteiger partial charge in [-0.3, -0.25) is 9.59 Å². The smallest absolute Gasteiger partial charge is 0.277 e. The molecule has 1 fully saturated rings. The third-order valence-corrected chi connectivity index (χ3v) is 6.38. The Hall–Kier alpha value is -3.41. The molecule has 0 radical (unpaired) electrons. The lowest BCUT2D eigenvalue weighted by Gasteiger charge is -2.31. The lowest BCUT2D eigenvalue weighted by Crippen LogP contribution is -2.39. The monoisotopic (exact) mass is 414 g/mol. The Bertz CT molecular complexity index is 1300. The average Bonchev–Trinajstić information content (AvgIpc) is 3.26. The SMILES string of the molecule is CCn1c(=O)c2cc(C(=O)N3CCC(Cc4ccccc4)CC3)nn2c2ccccc21. The van der Waals surface area contributed by atoms with Gasteiger partial charge in [0.25, 0.3) is 11.5 Å². The first kappa shape index (κ1) is 19.5. The van der Waals surface area contributed by atoms with Crippen molar-refractivity contribution in [3.8, 4) is 0 Å². The summed E-state index contributed by atoms with van der Waals surface area (Å²) in [5, 5.41) is 4.55. The summed E-state index contributed by atoms with van der Waals surface area (Å²) in [5.41, 5.74) is 3.69. The molecule has 0 spiro atoms. The van der Waals surface area contributed by atoms with Crippen LogP contribution in [0, 0.1) is 5.92 Å². The number of hydrogen-bond donors (Lipinski definition) is 0. The van der Waals surface area contributed by atoms with E-state index in [9.17, 15) is 9.59 Å². The molecule has 3 heterocycles. The summed E-state index contributed by atoms with van der Waals surface area (Å²) in [4.78, 5) is 28.0. The van der Waals surface area contributed by atoms with Crippen LogP contribution in [0.5, 0.6) is 0 Å². The molecule has 31 heavy (non-hydrogen) atoms. The molecule has 158 valence electrons. The number of amides is 1. The Morgan fingerprint density at radius 3 is 2.35 bits per heavy atom. The van der Waals surface area contributed by atoms with E-state index >= 15 is 0 Å². The van der Waals surface area contributed by atoms with Gasteiger partial charge in [0.15, 0.2) is 5.69 Å². The predicted molar refractivity (Wildman–Crippen MR) is 121 cm³/mol. The van der Waals surface area contributed by atoms with Crippen molar-refractivity contribution in [3.63, 3.8) is 0 Å². The van der Waals surface area contributed by atoms with E-state index in [0.717, 1.165) is 43.4 Å². The standard InChI is InChI=1S/C25H26N4O2/c1-2-28-21-10-6-7-11-22(21)29-23(25(28)31)17-20(26-29)24(30)27-14-12-19(13-15-27)16-18-8-4-3-5-9-18/h3-11,17,19H,2,12-16H2,1H3. The van der Waals surface area contributed by atoms with Gasteiger partial charge in [-0.1, -0.05) is 42.5 Å². The Morgan fingerprint density at radius 1 is 0.968 bits per heavy atom. The topological polar surface area (TPSA) is 59.6 Å². The fourth-order valence-electron chi connectivity index (χ4n) is 4.70. The van der Waals surface area contributed by atoms with Gasteiger partial charge < -0.3 is 9.47 Å². The summed E-state index contributed by atoms with van der Waals surface area (Å²) in [6.45, 7) is 3.97. The Morgan fingerprint density at radius 2 is 1.65 bits per heavy atom. The van der Waals surface area contributed by atoms with Gasteiger partial charge in [0.2, 0.25) is 0 Å². The van der Waals surface area contributed by atoms with E-state index in [2.05, 4.69) is 29.4 Å². The van der Waals surface area contributed by atoms with Crippen molar-refractivity contribution < 1.29 is 4.79 Å². The maximum atomic E-state index is 13.2. The molecule has 0 saturated carbocycles. The maximum Gasteiger partial charge on any atom is 0.277 e. The van der Waals surface area contributed by atoms with Crippen LogP contribution in [0.3, 0.4) is 0 Å². The van der Waals surface area contributed by atoms with Gasteiger partial charge in [-0.15, -0.1) is 0 Å². The van der Waals surface area contributed by atoms with Crippen molar-refractivity contribution >= 4 is 22.5 Å². The number of carbonyl (C=O) groups is 1. The van der Waals surface area contributed by atoms with Gasteiger partial charge in [-0.2, -0.15) is 5.10 Å². The largest absolute Gasteiger partial charge is 0.337 e. The fourth-order valence-corrected chi connectivity index (χ4v) is 4.70. The quantitative estimate of drug-likeness (QED) is 0.511. The van der Waals surface area contributed by atoms with Gasteiger partial charge in [0.05, 0.1) is 11.0 Å². The number of hydrogen-bond acceptors (Lipinski definition) is 3. The molecule has 5 rings (SSSR count).